The minimum atomic E-state index is -0.770. The van der Waals surface area contributed by atoms with Crippen LogP contribution in [0.4, 0.5) is 5.95 Å². The van der Waals surface area contributed by atoms with E-state index in [1.165, 1.54) is 11.7 Å². The molecule has 3 aromatic rings. The number of imidazole rings is 1. The van der Waals surface area contributed by atoms with Crippen molar-refractivity contribution >= 4 is 23.0 Å². The molecular weight excluding hydrogens is 376 g/mol. The Bertz CT molecular complexity index is 1110. The van der Waals surface area contributed by atoms with E-state index in [0.29, 0.717) is 24.3 Å². The highest BCUT2D eigenvalue weighted by Crippen LogP contribution is 2.26. The average molecular weight is 398 g/mol. The number of aliphatic hydroxyl groups excluding tert-OH is 1. The monoisotopic (exact) mass is 398 g/mol. The van der Waals surface area contributed by atoms with Crippen LogP contribution < -0.4 is 21.5 Å². The number of carbonyl (C=O) groups excluding carboxylic acids is 1. The fourth-order valence-corrected chi connectivity index (χ4v) is 3.67. The molecule has 0 unspecified atom stereocenters. The van der Waals surface area contributed by atoms with Crippen molar-refractivity contribution < 1.29 is 14.6 Å². The van der Waals surface area contributed by atoms with Crippen LogP contribution in [0.5, 0.6) is 5.75 Å². The Morgan fingerprint density at radius 1 is 1.28 bits per heavy atom. The topological polar surface area (TPSA) is 148 Å². The number of anilines is 1. The van der Waals surface area contributed by atoms with Crippen molar-refractivity contribution in [2.24, 2.45) is 5.73 Å². The van der Waals surface area contributed by atoms with Crippen molar-refractivity contribution in [3.63, 3.8) is 0 Å². The lowest BCUT2D eigenvalue weighted by molar-refractivity contribution is 0.0997. The zero-order valence-electron chi connectivity index (χ0n) is 15.9. The third-order valence-electron chi connectivity index (χ3n) is 5.13. The number of hydrogen-bond donors (Lipinski definition) is 4. The molecule has 152 valence electrons. The van der Waals surface area contributed by atoms with Crippen molar-refractivity contribution in [3.8, 4) is 11.4 Å². The number of nitrogens with two attached hydrogens (primary N) is 1. The molecule has 0 saturated heterocycles. The minimum absolute atomic E-state index is 0.0574. The van der Waals surface area contributed by atoms with Crippen LogP contribution in [0, 0.1) is 0 Å². The molecule has 4 rings (SSSR count). The number of nitrogens with zero attached hydrogens (tertiary/aromatic N) is 3. The molecule has 0 bridgehead atoms. The lowest BCUT2D eigenvalue weighted by Crippen LogP contribution is -2.29. The molecule has 2 aromatic heterocycles. The van der Waals surface area contributed by atoms with E-state index in [9.17, 15) is 14.7 Å². The number of primary amides is 1. The van der Waals surface area contributed by atoms with Crippen LogP contribution in [0.15, 0.2) is 29.1 Å². The smallest absolute Gasteiger partial charge is 0.332 e. The zero-order chi connectivity index (χ0) is 20.5. The van der Waals surface area contributed by atoms with Gasteiger partial charge in [-0.25, -0.2) is 14.3 Å². The first-order valence-electron chi connectivity index (χ1n) is 9.38. The Hall–Kier alpha value is -3.40. The molecule has 0 aliphatic heterocycles. The molecule has 1 amide bonds. The molecule has 1 aromatic carbocycles. The molecule has 1 aliphatic rings. The van der Waals surface area contributed by atoms with Crippen molar-refractivity contribution in [1.82, 2.24) is 19.5 Å². The number of para-hydroxylation sites is 2. The first-order chi connectivity index (χ1) is 14.0. The van der Waals surface area contributed by atoms with Crippen LogP contribution >= 0.6 is 0 Å². The molecule has 1 fully saturated rings. The van der Waals surface area contributed by atoms with Gasteiger partial charge in [0.1, 0.15) is 11.3 Å². The first kappa shape index (κ1) is 18.9. The van der Waals surface area contributed by atoms with Gasteiger partial charge in [0.15, 0.2) is 11.3 Å². The number of nitrogens with one attached hydrogen (secondary N) is 2. The highest BCUT2D eigenvalue weighted by Gasteiger charge is 2.24. The summed E-state index contributed by atoms with van der Waals surface area (Å²) in [6.45, 7) is 0. The van der Waals surface area contributed by atoms with E-state index in [2.05, 4.69) is 20.3 Å². The summed E-state index contributed by atoms with van der Waals surface area (Å²) in [5.41, 5.74) is 5.82. The number of aliphatic hydroxyl groups is 1. The van der Waals surface area contributed by atoms with Gasteiger partial charge in [0.05, 0.1) is 18.9 Å². The maximum absolute atomic E-state index is 12.7. The second-order valence-corrected chi connectivity index (χ2v) is 7.05. The summed E-state index contributed by atoms with van der Waals surface area (Å²) in [7, 11) is 1.51. The van der Waals surface area contributed by atoms with Gasteiger partial charge in [0.25, 0.3) is 5.91 Å². The van der Waals surface area contributed by atoms with E-state index in [4.69, 9.17) is 10.5 Å². The van der Waals surface area contributed by atoms with Crippen LogP contribution in [0.1, 0.15) is 36.2 Å². The number of amides is 1. The second-order valence-electron chi connectivity index (χ2n) is 7.05. The number of fused-ring (bicyclic) bond motifs is 1. The summed E-state index contributed by atoms with van der Waals surface area (Å²) in [5, 5.41) is 12.9. The Labute approximate surface area is 165 Å². The molecule has 0 spiro atoms. The lowest BCUT2D eigenvalue weighted by Gasteiger charge is -2.26. The van der Waals surface area contributed by atoms with Gasteiger partial charge in [-0.05, 0) is 37.8 Å². The summed E-state index contributed by atoms with van der Waals surface area (Å²) < 4.78 is 6.70. The van der Waals surface area contributed by atoms with Crippen molar-refractivity contribution in [2.45, 2.75) is 37.8 Å². The van der Waals surface area contributed by atoms with Crippen LogP contribution in [0.3, 0.4) is 0 Å². The van der Waals surface area contributed by atoms with Crippen molar-refractivity contribution in [1.29, 1.82) is 0 Å². The summed E-state index contributed by atoms with van der Waals surface area (Å²) in [6.07, 6.45) is 2.57. The number of hydrogen-bond acceptors (Lipinski definition) is 7. The number of ether oxygens (including phenoxy) is 1. The first-order valence-corrected chi connectivity index (χ1v) is 9.38. The summed E-state index contributed by atoms with van der Waals surface area (Å²) in [5.74, 6) is -0.0891. The molecular formula is C19H22N6O4. The maximum atomic E-state index is 12.7. The quantitative estimate of drug-likeness (QED) is 0.500. The van der Waals surface area contributed by atoms with E-state index in [1.807, 2.05) is 0 Å². The second kappa shape index (κ2) is 7.55. The molecule has 29 heavy (non-hydrogen) atoms. The fraction of sp³-hybridized carbons (Fsp3) is 0.368. The molecule has 10 heteroatoms. The van der Waals surface area contributed by atoms with Gasteiger partial charge in [0, 0.05) is 6.04 Å². The number of rotatable bonds is 5. The van der Waals surface area contributed by atoms with Gasteiger partial charge in [-0.1, -0.05) is 12.1 Å². The Morgan fingerprint density at radius 2 is 2.00 bits per heavy atom. The average Bonchev–Trinajstić information content (AvgIpc) is 3.04. The van der Waals surface area contributed by atoms with E-state index in [1.54, 1.807) is 24.3 Å². The maximum Gasteiger partial charge on any atom is 0.332 e. The van der Waals surface area contributed by atoms with E-state index in [-0.39, 0.29) is 35.0 Å². The molecule has 10 nitrogen and oxygen atoms in total. The fourth-order valence-electron chi connectivity index (χ4n) is 3.67. The minimum Gasteiger partial charge on any atom is -0.495 e. The van der Waals surface area contributed by atoms with Crippen LogP contribution in [-0.4, -0.2) is 49.8 Å². The van der Waals surface area contributed by atoms with Gasteiger partial charge in [0.2, 0.25) is 5.95 Å². The van der Waals surface area contributed by atoms with Crippen LogP contribution in [0.25, 0.3) is 16.9 Å². The summed E-state index contributed by atoms with van der Waals surface area (Å²) >= 11 is 0. The Kier molecular flexibility index (Phi) is 4.93. The Morgan fingerprint density at radius 3 is 2.69 bits per heavy atom. The molecule has 2 heterocycles. The normalized spacial score (nSPS) is 19.2. The largest absolute Gasteiger partial charge is 0.495 e. The number of benzene rings is 1. The number of carbonyl (C=O) groups is 1. The van der Waals surface area contributed by atoms with Crippen molar-refractivity contribution in [3.05, 3.63) is 40.4 Å². The van der Waals surface area contributed by atoms with Gasteiger partial charge >= 0.3 is 5.69 Å². The predicted octanol–water partition coefficient (Wildman–Crippen LogP) is 0.932. The standard InChI is InChI=1S/C19H22N6O4/c1-29-13-5-3-2-4-12(13)25-17-15(23-19(25)28)14(16(20)27)22-18(24-17)21-10-6-8-11(26)9-7-10/h2-5,10-11,26H,6-9H2,1H3,(H2,20,27)(H,23,28)(H,21,22,24)/t10-,11+. The highest BCUT2D eigenvalue weighted by atomic mass is 16.5. The molecule has 1 saturated carbocycles. The molecule has 0 radical (unpaired) electrons. The zero-order valence-corrected chi connectivity index (χ0v) is 15.9. The van der Waals surface area contributed by atoms with Gasteiger partial charge in [-0.2, -0.15) is 4.98 Å². The van der Waals surface area contributed by atoms with Gasteiger partial charge in [-0.15, -0.1) is 0 Å². The van der Waals surface area contributed by atoms with Gasteiger partial charge < -0.3 is 25.9 Å². The van der Waals surface area contributed by atoms with E-state index < -0.39 is 11.6 Å². The SMILES string of the molecule is COc1ccccc1-n1c(=O)[nH]c2c(C(N)=O)nc(N[C@H]3CC[C@@H](O)CC3)nc21. The molecule has 0 atom stereocenters. The number of aromatic amines is 1. The van der Waals surface area contributed by atoms with E-state index >= 15 is 0 Å². The third kappa shape index (κ3) is 3.54. The predicted molar refractivity (Wildman–Crippen MR) is 106 cm³/mol. The molecule has 1 aliphatic carbocycles. The number of aromatic nitrogens is 4. The van der Waals surface area contributed by atoms with E-state index in [0.717, 1.165) is 12.8 Å². The molecule has 5 N–H and O–H groups in total. The number of H-pyrrole nitrogens is 1. The van der Waals surface area contributed by atoms with Crippen molar-refractivity contribution in [2.75, 3.05) is 12.4 Å². The van der Waals surface area contributed by atoms with Gasteiger partial charge in [-0.3, -0.25) is 4.79 Å². The van der Waals surface area contributed by atoms with Crippen LogP contribution in [-0.2, 0) is 0 Å². The number of methoxy groups -OCH3 is 1. The summed E-state index contributed by atoms with van der Waals surface area (Å²) in [6, 6.07) is 7.06. The highest BCUT2D eigenvalue weighted by molar-refractivity contribution is 6.02. The Balaban J connectivity index is 1.85. The van der Waals surface area contributed by atoms with Crippen LogP contribution in [0.2, 0.25) is 0 Å². The summed E-state index contributed by atoms with van der Waals surface area (Å²) in [4.78, 5) is 36.0. The lowest BCUT2D eigenvalue weighted by atomic mass is 9.93. The third-order valence-corrected chi connectivity index (χ3v) is 5.13.